The molecule has 2 N–H and O–H groups in total. The second-order valence-electron chi connectivity index (χ2n) is 4.07. The zero-order chi connectivity index (χ0) is 12.8. The van der Waals surface area contributed by atoms with E-state index < -0.39 is 0 Å². The molecule has 1 rings (SSSR count). The van der Waals surface area contributed by atoms with Gasteiger partial charge in [-0.3, -0.25) is 9.48 Å². The minimum atomic E-state index is -0.209. The molecule has 1 aromatic heterocycles. The van der Waals surface area contributed by atoms with Crippen LogP contribution in [0.5, 0.6) is 0 Å². The lowest BCUT2D eigenvalue weighted by atomic mass is 10.2. The third kappa shape index (κ3) is 4.16. The fourth-order valence-electron chi connectivity index (χ4n) is 1.53. The largest absolute Gasteiger partial charge is 0.380 e. The molecular formula is C11H20N4O2. The first-order valence-electron chi connectivity index (χ1n) is 5.51. The Bertz CT molecular complexity index is 360. The number of nitrogens with zero attached hydrogens (tertiary/aromatic N) is 3. The molecule has 0 aliphatic carbocycles. The first-order valence-corrected chi connectivity index (χ1v) is 5.51. The van der Waals surface area contributed by atoms with E-state index in [1.807, 2.05) is 13.2 Å². The first kappa shape index (κ1) is 13.7. The van der Waals surface area contributed by atoms with E-state index in [0.717, 1.165) is 5.56 Å². The molecule has 1 heterocycles. The number of hydrogen-bond acceptors (Lipinski definition) is 4. The van der Waals surface area contributed by atoms with Crippen LogP contribution in [-0.2, 0) is 23.1 Å². The summed E-state index contributed by atoms with van der Waals surface area (Å²) in [7, 11) is 5.17. The molecule has 0 saturated carbocycles. The molecule has 17 heavy (non-hydrogen) atoms. The summed E-state index contributed by atoms with van der Waals surface area (Å²) in [5.41, 5.74) is 6.48. The Labute approximate surface area is 101 Å². The molecule has 0 radical (unpaired) electrons. The van der Waals surface area contributed by atoms with Crippen molar-refractivity contribution < 1.29 is 9.53 Å². The molecule has 96 valence electrons. The van der Waals surface area contributed by atoms with Gasteiger partial charge in [-0.2, -0.15) is 5.10 Å². The Hall–Kier alpha value is -1.40. The average Bonchev–Trinajstić information content (AvgIpc) is 2.71. The summed E-state index contributed by atoms with van der Waals surface area (Å²) in [5.74, 6) is 0.0196. The zero-order valence-corrected chi connectivity index (χ0v) is 10.6. The molecular weight excluding hydrogens is 220 g/mol. The molecule has 0 bridgehead atoms. The molecule has 1 amide bonds. The predicted molar refractivity (Wildman–Crippen MR) is 64.2 cm³/mol. The molecule has 0 aliphatic rings. The molecule has 1 unspecified atom stereocenters. The fraction of sp³-hybridized carbons (Fsp3) is 0.636. The number of carbonyl (C=O) groups is 1. The molecule has 0 aliphatic heterocycles. The summed E-state index contributed by atoms with van der Waals surface area (Å²) in [6.07, 6.45) is 3.74. The second-order valence-corrected chi connectivity index (χ2v) is 4.07. The van der Waals surface area contributed by atoms with Crippen molar-refractivity contribution in [3.05, 3.63) is 18.0 Å². The lowest BCUT2D eigenvalue weighted by Crippen LogP contribution is -2.33. The number of aryl methyl sites for hydroxylation is 1. The van der Waals surface area contributed by atoms with Gasteiger partial charge in [-0.25, -0.2) is 0 Å². The van der Waals surface area contributed by atoms with Crippen molar-refractivity contribution in [1.82, 2.24) is 14.7 Å². The number of amides is 1. The number of methoxy groups -OCH3 is 1. The molecule has 1 atom stereocenters. The van der Waals surface area contributed by atoms with Crippen molar-refractivity contribution in [2.45, 2.75) is 19.1 Å². The highest BCUT2D eigenvalue weighted by Crippen LogP contribution is 2.05. The fourth-order valence-corrected chi connectivity index (χ4v) is 1.53. The standard InChI is InChI=1S/C11H20N4O2/c1-14(7-9-6-13-15(2)8-9)11(16)4-10(5-12)17-3/h6,8,10H,4-5,7,12H2,1-3H3. The van der Waals surface area contributed by atoms with Gasteiger partial charge in [-0.1, -0.05) is 0 Å². The van der Waals surface area contributed by atoms with E-state index in [9.17, 15) is 4.79 Å². The smallest absolute Gasteiger partial charge is 0.225 e. The van der Waals surface area contributed by atoms with Crippen molar-refractivity contribution in [2.75, 3.05) is 20.7 Å². The van der Waals surface area contributed by atoms with Gasteiger partial charge in [-0.05, 0) is 0 Å². The lowest BCUT2D eigenvalue weighted by Gasteiger charge is -2.19. The third-order valence-corrected chi connectivity index (χ3v) is 2.60. The molecule has 1 aromatic rings. The molecule has 6 heteroatoms. The highest BCUT2D eigenvalue weighted by Gasteiger charge is 2.15. The van der Waals surface area contributed by atoms with Crippen LogP contribution >= 0.6 is 0 Å². The van der Waals surface area contributed by atoms with E-state index in [1.165, 1.54) is 0 Å². The van der Waals surface area contributed by atoms with E-state index in [-0.39, 0.29) is 12.0 Å². The molecule has 6 nitrogen and oxygen atoms in total. The van der Waals surface area contributed by atoms with Crippen LogP contribution in [0, 0.1) is 0 Å². The van der Waals surface area contributed by atoms with Crippen LogP contribution < -0.4 is 5.73 Å². The molecule has 0 saturated heterocycles. The molecule has 0 fully saturated rings. The Morgan fingerprint density at radius 1 is 1.71 bits per heavy atom. The topological polar surface area (TPSA) is 73.4 Å². The number of aromatic nitrogens is 2. The van der Waals surface area contributed by atoms with Crippen molar-refractivity contribution in [3.63, 3.8) is 0 Å². The van der Waals surface area contributed by atoms with Crippen LogP contribution in [0.1, 0.15) is 12.0 Å². The lowest BCUT2D eigenvalue weighted by molar-refractivity contribution is -0.132. The number of rotatable bonds is 6. The highest BCUT2D eigenvalue weighted by atomic mass is 16.5. The van der Waals surface area contributed by atoms with Crippen LogP contribution in [0.15, 0.2) is 12.4 Å². The summed E-state index contributed by atoms with van der Waals surface area (Å²) < 4.78 is 6.80. The predicted octanol–water partition coefficient (Wildman–Crippen LogP) is -0.258. The monoisotopic (exact) mass is 240 g/mol. The van der Waals surface area contributed by atoms with Crippen molar-refractivity contribution in [3.8, 4) is 0 Å². The van der Waals surface area contributed by atoms with Gasteiger partial charge in [0.15, 0.2) is 0 Å². The van der Waals surface area contributed by atoms with Crippen LogP contribution in [0.2, 0.25) is 0 Å². The Morgan fingerprint density at radius 2 is 2.41 bits per heavy atom. The highest BCUT2D eigenvalue weighted by molar-refractivity contribution is 5.76. The molecule has 0 spiro atoms. The van der Waals surface area contributed by atoms with Gasteiger partial charge in [0.2, 0.25) is 5.91 Å². The van der Waals surface area contributed by atoms with Crippen molar-refractivity contribution in [1.29, 1.82) is 0 Å². The minimum Gasteiger partial charge on any atom is -0.380 e. The quantitative estimate of drug-likeness (QED) is 0.743. The molecule has 0 aromatic carbocycles. The van der Waals surface area contributed by atoms with Crippen LogP contribution in [0.3, 0.4) is 0 Å². The van der Waals surface area contributed by atoms with Gasteiger partial charge in [0.1, 0.15) is 0 Å². The maximum atomic E-state index is 11.8. The summed E-state index contributed by atoms with van der Waals surface area (Å²) >= 11 is 0. The minimum absolute atomic E-state index is 0.0196. The summed E-state index contributed by atoms with van der Waals surface area (Å²) in [6, 6.07) is 0. The van der Waals surface area contributed by atoms with Crippen LogP contribution in [-0.4, -0.2) is 47.4 Å². The van der Waals surface area contributed by atoms with Gasteiger partial charge < -0.3 is 15.4 Å². The third-order valence-electron chi connectivity index (χ3n) is 2.60. The van der Waals surface area contributed by atoms with E-state index in [1.54, 1.807) is 29.9 Å². The number of hydrogen-bond donors (Lipinski definition) is 1. The Balaban J connectivity index is 2.46. The van der Waals surface area contributed by atoms with Crippen LogP contribution in [0.4, 0.5) is 0 Å². The summed E-state index contributed by atoms with van der Waals surface area (Å²) in [6.45, 7) is 0.899. The SMILES string of the molecule is COC(CN)CC(=O)N(C)Cc1cnn(C)c1. The maximum absolute atomic E-state index is 11.8. The maximum Gasteiger partial charge on any atom is 0.225 e. The number of ether oxygens (including phenoxy) is 1. The van der Waals surface area contributed by atoms with E-state index in [2.05, 4.69) is 5.10 Å². The second kappa shape index (κ2) is 6.36. The average molecular weight is 240 g/mol. The van der Waals surface area contributed by atoms with Gasteiger partial charge in [0, 0.05) is 46.1 Å². The Morgan fingerprint density at radius 3 is 2.88 bits per heavy atom. The van der Waals surface area contributed by atoms with Gasteiger partial charge in [0.25, 0.3) is 0 Å². The number of nitrogens with two attached hydrogens (primary N) is 1. The van der Waals surface area contributed by atoms with E-state index in [4.69, 9.17) is 10.5 Å². The number of carbonyl (C=O) groups excluding carboxylic acids is 1. The van der Waals surface area contributed by atoms with Gasteiger partial charge in [0.05, 0.1) is 18.7 Å². The van der Waals surface area contributed by atoms with Crippen molar-refractivity contribution in [2.24, 2.45) is 12.8 Å². The van der Waals surface area contributed by atoms with Crippen molar-refractivity contribution >= 4 is 5.91 Å². The van der Waals surface area contributed by atoms with Gasteiger partial charge >= 0.3 is 0 Å². The normalized spacial score (nSPS) is 12.5. The Kier molecular flexibility index (Phi) is 5.11. The van der Waals surface area contributed by atoms with E-state index in [0.29, 0.717) is 19.5 Å². The van der Waals surface area contributed by atoms with E-state index >= 15 is 0 Å². The zero-order valence-electron chi connectivity index (χ0n) is 10.6. The van der Waals surface area contributed by atoms with Crippen LogP contribution in [0.25, 0.3) is 0 Å². The summed E-state index contributed by atoms with van der Waals surface area (Å²) in [4.78, 5) is 13.5. The first-order chi connectivity index (χ1) is 8.06. The summed E-state index contributed by atoms with van der Waals surface area (Å²) in [5, 5.41) is 4.06. The van der Waals surface area contributed by atoms with Gasteiger partial charge in [-0.15, -0.1) is 0 Å².